The number of benzene rings is 3. The minimum atomic E-state index is -1.66. The molecule has 2 aliphatic heterocycles. The summed E-state index contributed by atoms with van der Waals surface area (Å²) in [6.07, 6.45) is -0.420. The number of hydrogen-bond donors (Lipinski definition) is 10. The number of aromatic hydroxyl groups is 1. The Hall–Kier alpha value is -7.22. The average molecular weight is 1030 g/mol. The fraction of sp³-hybridized carbons (Fsp3) is 0.370. The maximum Gasteiger partial charge on any atom is 0.305 e. The van der Waals surface area contributed by atoms with Crippen molar-refractivity contribution in [1.29, 1.82) is 0 Å². The van der Waals surface area contributed by atoms with Crippen LogP contribution in [0.1, 0.15) is 73.6 Å². The number of hydrogen-bond acceptors (Lipinski definition) is 10. The number of unbranched alkanes of at least 4 members (excludes halogenated alkanes) is 1. The fourth-order valence-electron chi connectivity index (χ4n) is 7.25. The van der Waals surface area contributed by atoms with Gasteiger partial charge in [-0.25, -0.2) is 0 Å². The van der Waals surface area contributed by atoms with Gasteiger partial charge in [0.2, 0.25) is 41.4 Å². The number of carboxylic acid groups (broad SMARTS) is 1. The highest BCUT2D eigenvalue weighted by molar-refractivity contribution is 14.1. The summed E-state index contributed by atoms with van der Waals surface area (Å²) >= 11 is 1.88. The first-order valence-electron chi connectivity index (χ1n) is 21.6. The first-order valence-corrected chi connectivity index (χ1v) is 22.6. The van der Waals surface area contributed by atoms with E-state index in [9.17, 15) is 48.6 Å². The Balaban J connectivity index is 1.28. The second-order valence-electron chi connectivity index (χ2n) is 15.8. The van der Waals surface area contributed by atoms with E-state index in [0.717, 1.165) is 11.1 Å². The molecule has 0 saturated carbocycles. The predicted molar refractivity (Wildman–Crippen MR) is 254 cm³/mol. The minimum absolute atomic E-state index is 0.000622. The largest absolute Gasteiger partial charge is 0.507 e. The molecule has 0 aromatic heterocycles. The van der Waals surface area contributed by atoms with Gasteiger partial charge in [0.05, 0.1) is 28.8 Å². The Morgan fingerprint density at radius 3 is 2.15 bits per heavy atom. The molecule has 21 heteroatoms. The van der Waals surface area contributed by atoms with E-state index in [4.69, 9.17) is 11.5 Å². The van der Waals surface area contributed by atoms with Crippen molar-refractivity contribution in [3.8, 4) is 17.6 Å². The van der Waals surface area contributed by atoms with E-state index >= 15 is 0 Å². The van der Waals surface area contributed by atoms with Crippen LogP contribution in [0.4, 0.5) is 5.69 Å². The van der Waals surface area contributed by atoms with Crippen molar-refractivity contribution in [3.05, 3.63) is 92.6 Å². The normalized spacial score (nSPS) is 18.7. The smallest absolute Gasteiger partial charge is 0.305 e. The maximum atomic E-state index is 14.1. The van der Waals surface area contributed by atoms with E-state index in [1.807, 2.05) is 71.1 Å². The molecule has 0 bridgehead atoms. The fourth-order valence-corrected chi connectivity index (χ4v) is 7.83. The van der Waals surface area contributed by atoms with Crippen LogP contribution in [0.15, 0.2) is 71.7 Å². The Morgan fingerprint density at radius 1 is 0.776 bits per heavy atom. The molecule has 0 radical (unpaired) electrons. The van der Waals surface area contributed by atoms with Gasteiger partial charge in [-0.2, -0.15) is 0 Å². The monoisotopic (exact) mass is 1030 g/mol. The number of para-hydroxylation sites is 1. The number of carbonyl (C=O) groups is 8. The van der Waals surface area contributed by atoms with Crippen molar-refractivity contribution in [3.63, 3.8) is 0 Å². The molecule has 12 N–H and O–H groups in total. The van der Waals surface area contributed by atoms with E-state index in [1.165, 1.54) is 12.1 Å². The molecule has 1 fully saturated rings. The van der Waals surface area contributed by atoms with Crippen LogP contribution in [-0.2, 0) is 51.3 Å². The third-order valence-corrected chi connectivity index (χ3v) is 11.6. The van der Waals surface area contributed by atoms with Crippen LogP contribution in [-0.4, -0.2) is 107 Å². The van der Waals surface area contributed by atoms with Crippen LogP contribution >= 0.6 is 22.6 Å². The van der Waals surface area contributed by atoms with Crippen molar-refractivity contribution in [2.24, 2.45) is 16.5 Å². The number of nitrogens with one attached hydrogen (secondary N) is 6. The molecule has 20 nitrogen and oxygen atoms in total. The highest BCUT2D eigenvalue weighted by atomic mass is 127. The molecule has 0 spiro atoms. The summed E-state index contributed by atoms with van der Waals surface area (Å²) in [6, 6.07) is 13.7. The highest BCUT2D eigenvalue weighted by Crippen LogP contribution is 2.26. The Morgan fingerprint density at radius 2 is 1.42 bits per heavy atom. The van der Waals surface area contributed by atoms with E-state index in [2.05, 4.69) is 48.7 Å². The predicted octanol–water partition coefficient (Wildman–Crippen LogP) is 0.150. The van der Waals surface area contributed by atoms with E-state index in [0.29, 0.717) is 26.8 Å². The maximum absolute atomic E-state index is 14.1. The number of carboxylic acids is 1. The molecule has 0 unspecified atom stereocenters. The van der Waals surface area contributed by atoms with Gasteiger partial charge in [0.1, 0.15) is 29.9 Å². The molecule has 3 aromatic carbocycles. The lowest BCUT2D eigenvalue weighted by molar-refractivity contribution is -0.141. The van der Waals surface area contributed by atoms with Gasteiger partial charge in [-0.1, -0.05) is 48.2 Å². The number of phenols is 1. The van der Waals surface area contributed by atoms with E-state index in [-0.39, 0.29) is 88.1 Å². The molecular weight excluding hydrogens is 979 g/mol. The van der Waals surface area contributed by atoms with Crippen molar-refractivity contribution in [2.75, 3.05) is 24.5 Å². The van der Waals surface area contributed by atoms with Gasteiger partial charge in [-0.15, -0.1) is 0 Å². The number of amides is 7. The van der Waals surface area contributed by atoms with Crippen LogP contribution in [0.25, 0.3) is 0 Å². The summed E-state index contributed by atoms with van der Waals surface area (Å²) < 4.78 is 0.439. The number of aliphatic imine (C=N–C) groups is 1. The number of fused-ring (bicyclic) bond motifs is 2. The molecule has 5 rings (SSSR count). The zero-order chi connectivity index (χ0) is 48.5. The summed E-state index contributed by atoms with van der Waals surface area (Å²) in [6.45, 7) is -0.150. The number of carbonyl (C=O) groups excluding carboxylic acids is 7. The number of nitrogens with zero attached hydrogens (tertiary/aromatic N) is 2. The number of aliphatic carboxylic acids is 1. The lowest BCUT2D eigenvalue weighted by Crippen LogP contribution is -2.58. The van der Waals surface area contributed by atoms with Crippen LogP contribution in [0.2, 0.25) is 0 Å². The van der Waals surface area contributed by atoms with Crippen molar-refractivity contribution >= 4 is 81.6 Å². The summed E-state index contributed by atoms with van der Waals surface area (Å²) in [5.41, 5.74) is 14.4. The number of guanidine groups is 1. The topological polar surface area (TPSA) is 317 Å². The molecule has 1 saturated heterocycles. The molecule has 354 valence electrons. The number of anilines is 1. The second kappa shape index (κ2) is 24.9. The van der Waals surface area contributed by atoms with Crippen LogP contribution in [0.3, 0.4) is 0 Å². The Bertz CT molecular complexity index is 2450. The van der Waals surface area contributed by atoms with Crippen molar-refractivity contribution in [2.45, 2.75) is 88.5 Å². The third-order valence-electron chi connectivity index (χ3n) is 10.7. The number of rotatable bonds is 16. The SMILES string of the molecule is NC(N)=NCCC[C@@H]1NC(=O)[C@H](CCCCNC(=O)CCC(=O)N2Cc3ccccc3C#Cc3ccccc32)NC(=O)[C@@H](Cc2ccc(O)c(I)c2)NC(=O)[C@H](CC(=O)O)NC(=O)CNC1=O. The number of halogens is 1. The quantitative estimate of drug-likeness (QED) is 0.0302. The molecule has 0 aliphatic carbocycles. The highest BCUT2D eigenvalue weighted by Gasteiger charge is 2.33. The van der Waals surface area contributed by atoms with Gasteiger partial charge in [-0.05, 0) is 96.2 Å². The average Bonchev–Trinajstić information content (AvgIpc) is 3.28. The molecular formula is C46H53IN10O10. The van der Waals surface area contributed by atoms with Gasteiger partial charge in [0.25, 0.3) is 0 Å². The lowest BCUT2D eigenvalue weighted by atomic mass is 10.0. The Labute approximate surface area is 400 Å². The van der Waals surface area contributed by atoms with Crippen molar-refractivity contribution in [1.82, 2.24) is 31.9 Å². The van der Waals surface area contributed by atoms with E-state index in [1.54, 1.807) is 11.0 Å². The van der Waals surface area contributed by atoms with Crippen molar-refractivity contribution < 1.29 is 48.6 Å². The molecule has 2 aliphatic rings. The van der Waals surface area contributed by atoms with Crippen LogP contribution in [0, 0.1) is 15.4 Å². The third kappa shape index (κ3) is 15.7. The van der Waals surface area contributed by atoms with Crippen LogP contribution < -0.4 is 48.3 Å². The lowest BCUT2D eigenvalue weighted by Gasteiger charge is -2.26. The number of nitrogens with two attached hydrogens (primary N) is 2. The van der Waals surface area contributed by atoms with Gasteiger partial charge in [0, 0.05) is 43.5 Å². The second-order valence-corrected chi connectivity index (χ2v) is 17.0. The molecule has 7 amide bonds. The summed E-state index contributed by atoms with van der Waals surface area (Å²) in [7, 11) is 0. The summed E-state index contributed by atoms with van der Waals surface area (Å²) in [5.74, 6) is -0.307. The first-order chi connectivity index (χ1) is 32.1. The standard InChI is InChI=1S/C46H53IN10O10/c47-31-22-27(14-17-37(31)58)23-34-44(66)55-33(43(65)54-32(12-7-21-51-46(48)49)42(64)52-25-39(60)53-35(24-41(62)63)45(67)56-34)11-5-6-20-50-38(59)18-19-40(61)57-26-30-10-2-1-8-28(30)15-16-29-9-3-4-13-36(29)57/h1-4,8-10,13-14,17,22,32-35,58H,5-7,11-12,18-21,23-26H2,(H,50,59)(H,52,64)(H,53,60)(H,54,65)(H,55,66)(H,56,67)(H,62,63)(H4,48,49,51)/t32-,33-,34+,35-/m0/s1. The molecule has 67 heavy (non-hydrogen) atoms. The molecule has 3 aromatic rings. The summed E-state index contributed by atoms with van der Waals surface area (Å²) in [5, 5.41) is 35.0. The van der Waals surface area contributed by atoms with Gasteiger partial charge >= 0.3 is 5.97 Å². The van der Waals surface area contributed by atoms with Gasteiger partial charge < -0.3 is 58.5 Å². The molecule has 4 atom stereocenters. The number of phenolic OH excluding ortho intramolecular Hbond substituents is 1. The van der Waals surface area contributed by atoms with E-state index < -0.39 is 72.6 Å². The first kappa shape index (κ1) is 50.8. The Kier molecular flexibility index (Phi) is 18.9. The van der Waals surface area contributed by atoms with Gasteiger partial charge in [0.15, 0.2) is 5.96 Å². The minimum Gasteiger partial charge on any atom is -0.507 e. The molecule has 2 heterocycles. The zero-order valence-corrected chi connectivity index (χ0v) is 38.6. The summed E-state index contributed by atoms with van der Waals surface area (Å²) in [4.78, 5) is 112. The van der Waals surface area contributed by atoms with Crippen LogP contribution in [0.5, 0.6) is 5.75 Å². The van der Waals surface area contributed by atoms with Gasteiger partial charge in [-0.3, -0.25) is 43.3 Å². The zero-order valence-electron chi connectivity index (χ0n) is 36.4.